The molecule has 1 heterocycles. The van der Waals surface area contributed by atoms with E-state index in [0.29, 0.717) is 24.7 Å². The lowest BCUT2D eigenvalue weighted by atomic mass is 10.2. The molecule has 0 aliphatic carbocycles. The normalized spacial score (nSPS) is 18.0. The number of nitrogens with one attached hydrogen (secondary N) is 2. The highest BCUT2D eigenvalue weighted by atomic mass is 127. The Morgan fingerprint density at radius 2 is 2.12 bits per heavy atom. The van der Waals surface area contributed by atoms with Crippen molar-refractivity contribution in [1.82, 2.24) is 10.6 Å². The molecule has 0 aromatic heterocycles. The van der Waals surface area contributed by atoms with Crippen molar-refractivity contribution in [2.24, 2.45) is 4.99 Å². The van der Waals surface area contributed by atoms with Crippen molar-refractivity contribution >= 4 is 45.5 Å². The van der Waals surface area contributed by atoms with Crippen LogP contribution in [0.4, 0.5) is 14.5 Å². The fourth-order valence-corrected chi connectivity index (χ4v) is 3.05. The summed E-state index contributed by atoms with van der Waals surface area (Å²) in [5.74, 6) is -0.650. The first-order valence-electron chi connectivity index (χ1n) is 7.63. The van der Waals surface area contributed by atoms with Crippen LogP contribution >= 0.6 is 24.0 Å². The minimum atomic E-state index is -3.03. The second-order valence-electron chi connectivity index (χ2n) is 5.80. The van der Waals surface area contributed by atoms with Crippen molar-refractivity contribution in [2.45, 2.75) is 12.5 Å². The molecule has 0 radical (unpaired) electrons. The van der Waals surface area contributed by atoms with Crippen LogP contribution in [-0.4, -0.2) is 59.1 Å². The van der Waals surface area contributed by atoms with Crippen LogP contribution in [0.1, 0.15) is 6.42 Å². The van der Waals surface area contributed by atoms with Crippen molar-refractivity contribution in [1.29, 1.82) is 0 Å². The molecular weight excluding hydrogens is 465 g/mol. The number of nitrogens with zero attached hydrogens (tertiary/aromatic N) is 2. The van der Waals surface area contributed by atoms with E-state index in [1.165, 1.54) is 18.4 Å². The quantitative estimate of drug-likeness (QED) is 0.372. The highest BCUT2D eigenvalue weighted by Crippen LogP contribution is 2.24. The third-order valence-corrected chi connectivity index (χ3v) is 4.71. The molecule has 1 aromatic rings. The van der Waals surface area contributed by atoms with Gasteiger partial charge in [-0.25, -0.2) is 17.2 Å². The smallest absolute Gasteiger partial charge is 0.191 e. The van der Waals surface area contributed by atoms with Crippen LogP contribution in [-0.2, 0) is 9.84 Å². The van der Waals surface area contributed by atoms with Crippen LogP contribution in [0.2, 0.25) is 0 Å². The summed E-state index contributed by atoms with van der Waals surface area (Å²) in [6.45, 7) is 1.46. The van der Waals surface area contributed by atoms with Gasteiger partial charge in [0.25, 0.3) is 0 Å². The van der Waals surface area contributed by atoms with Gasteiger partial charge >= 0.3 is 0 Å². The lowest BCUT2D eigenvalue weighted by Crippen LogP contribution is -2.45. The van der Waals surface area contributed by atoms with E-state index in [-0.39, 0.29) is 42.3 Å². The van der Waals surface area contributed by atoms with Gasteiger partial charge in [-0.2, -0.15) is 0 Å². The Morgan fingerprint density at radius 3 is 2.72 bits per heavy atom. The van der Waals surface area contributed by atoms with Crippen LogP contribution in [0.15, 0.2) is 23.2 Å². The predicted octanol–water partition coefficient (Wildman–Crippen LogP) is 1.37. The summed E-state index contributed by atoms with van der Waals surface area (Å²) in [6, 6.07) is 3.60. The Labute approximate surface area is 164 Å². The summed E-state index contributed by atoms with van der Waals surface area (Å²) in [4.78, 5) is 5.90. The van der Waals surface area contributed by atoms with Gasteiger partial charge in [-0.05, 0) is 18.6 Å². The Kier molecular flexibility index (Phi) is 8.32. The maximum atomic E-state index is 13.8. The summed E-state index contributed by atoms with van der Waals surface area (Å²) in [5.41, 5.74) is 0.376. The van der Waals surface area contributed by atoms with Crippen molar-refractivity contribution in [3.8, 4) is 0 Å². The molecule has 0 saturated carbocycles. The zero-order chi connectivity index (χ0) is 17.7. The van der Waals surface area contributed by atoms with Crippen molar-refractivity contribution in [3.63, 3.8) is 0 Å². The predicted molar refractivity (Wildman–Crippen MR) is 107 cm³/mol. The monoisotopic (exact) mass is 488 g/mol. The van der Waals surface area contributed by atoms with Crippen LogP contribution in [0.5, 0.6) is 0 Å². The number of hydrogen-bond donors (Lipinski definition) is 2. The Morgan fingerprint density at radius 1 is 1.40 bits per heavy atom. The van der Waals surface area contributed by atoms with E-state index in [9.17, 15) is 17.2 Å². The zero-order valence-electron chi connectivity index (χ0n) is 14.1. The zero-order valence-corrected chi connectivity index (χ0v) is 17.3. The molecule has 0 bridgehead atoms. The van der Waals surface area contributed by atoms with E-state index < -0.39 is 21.5 Å². The Balaban J connectivity index is 0.00000312. The number of aliphatic imine (C=N–C) groups is 1. The minimum Gasteiger partial charge on any atom is -0.367 e. The number of hydrogen-bond acceptors (Lipinski definition) is 4. The maximum absolute atomic E-state index is 13.8. The van der Waals surface area contributed by atoms with Gasteiger partial charge in [0, 0.05) is 45.0 Å². The largest absolute Gasteiger partial charge is 0.367 e. The summed E-state index contributed by atoms with van der Waals surface area (Å²) < 4.78 is 49.1. The van der Waals surface area contributed by atoms with E-state index >= 15 is 0 Å². The number of guanidine groups is 1. The van der Waals surface area contributed by atoms with Crippen molar-refractivity contribution in [3.05, 3.63) is 29.8 Å². The molecule has 2 rings (SSSR count). The fourth-order valence-electron chi connectivity index (χ4n) is 2.58. The highest BCUT2D eigenvalue weighted by molar-refractivity contribution is 14.0. The average Bonchev–Trinajstić information content (AvgIpc) is 2.93. The molecule has 1 aliphatic heterocycles. The van der Waals surface area contributed by atoms with Gasteiger partial charge < -0.3 is 15.5 Å². The highest BCUT2D eigenvalue weighted by Gasteiger charge is 2.25. The second-order valence-corrected chi connectivity index (χ2v) is 8.06. The molecule has 0 spiro atoms. The molecule has 0 amide bonds. The fraction of sp³-hybridized carbons (Fsp3) is 0.533. The van der Waals surface area contributed by atoms with Crippen LogP contribution < -0.4 is 15.5 Å². The van der Waals surface area contributed by atoms with Gasteiger partial charge in [0.05, 0.1) is 11.4 Å². The molecule has 10 heteroatoms. The summed E-state index contributed by atoms with van der Waals surface area (Å²) >= 11 is 0. The van der Waals surface area contributed by atoms with E-state index in [4.69, 9.17) is 0 Å². The number of rotatable bonds is 5. The second kappa shape index (κ2) is 9.51. The van der Waals surface area contributed by atoms with Crippen molar-refractivity contribution < 1.29 is 17.2 Å². The van der Waals surface area contributed by atoms with Crippen LogP contribution in [0.25, 0.3) is 0 Å². The molecule has 6 nitrogen and oxygen atoms in total. The van der Waals surface area contributed by atoms with E-state index in [2.05, 4.69) is 15.6 Å². The van der Waals surface area contributed by atoms with Crippen LogP contribution in [0.3, 0.4) is 0 Å². The van der Waals surface area contributed by atoms with Gasteiger partial charge in [-0.3, -0.25) is 4.99 Å². The van der Waals surface area contributed by atoms with Gasteiger partial charge in [-0.15, -0.1) is 24.0 Å². The summed E-state index contributed by atoms with van der Waals surface area (Å²) in [5, 5.41) is 6.13. The molecule has 1 atom stereocenters. The van der Waals surface area contributed by atoms with Gasteiger partial charge in [-0.1, -0.05) is 0 Å². The molecule has 25 heavy (non-hydrogen) atoms. The summed E-state index contributed by atoms with van der Waals surface area (Å²) in [7, 11) is -1.43. The van der Waals surface area contributed by atoms with Gasteiger partial charge in [0.2, 0.25) is 0 Å². The number of anilines is 1. The molecular formula is C15H23F2IN4O2S. The molecule has 2 N–H and O–H groups in total. The first-order chi connectivity index (χ1) is 11.3. The number of halogens is 3. The molecule has 142 valence electrons. The Hall–Kier alpha value is -1.17. The van der Waals surface area contributed by atoms with E-state index in [1.54, 1.807) is 7.05 Å². The molecule has 1 unspecified atom stereocenters. The number of sulfone groups is 1. The third kappa shape index (κ3) is 6.92. The minimum absolute atomic E-state index is 0. The number of benzene rings is 1. The first-order valence-corrected chi connectivity index (χ1v) is 9.69. The lowest BCUT2D eigenvalue weighted by Gasteiger charge is -2.20. The van der Waals surface area contributed by atoms with Gasteiger partial charge in [0.15, 0.2) is 5.96 Å². The van der Waals surface area contributed by atoms with E-state index in [0.717, 1.165) is 12.5 Å². The third-order valence-electron chi connectivity index (χ3n) is 3.77. The topological polar surface area (TPSA) is 73.8 Å². The van der Waals surface area contributed by atoms with Crippen molar-refractivity contribution in [2.75, 3.05) is 43.6 Å². The SMILES string of the molecule is CN=C(NCCS(C)(=O)=O)NC1CCN(c2ccc(F)cc2F)C1.I. The Bertz CT molecular complexity index is 715. The first kappa shape index (κ1) is 21.9. The lowest BCUT2D eigenvalue weighted by molar-refractivity contribution is 0.580. The maximum Gasteiger partial charge on any atom is 0.191 e. The molecule has 1 aliphatic rings. The molecule has 1 aromatic carbocycles. The summed E-state index contributed by atoms with van der Waals surface area (Å²) in [6.07, 6.45) is 1.94. The average molecular weight is 488 g/mol. The van der Waals surface area contributed by atoms with E-state index in [1.807, 2.05) is 4.90 Å². The molecule has 1 saturated heterocycles. The van der Waals surface area contributed by atoms with Crippen LogP contribution in [0, 0.1) is 11.6 Å². The standard InChI is InChI=1S/C15H22F2N4O2S.HI/c1-18-15(19-6-8-24(2,22)23)20-12-5-7-21(10-12)14-4-3-11(16)9-13(14)17;/h3-4,9,12H,5-8,10H2,1-2H3,(H2,18,19,20);1H. The molecule has 1 fully saturated rings. The van der Waals surface area contributed by atoms with Gasteiger partial charge in [0.1, 0.15) is 21.5 Å².